The maximum absolute atomic E-state index is 0. The second-order valence-electron chi connectivity index (χ2n) is 0. The summed E-state index contributed by atoms with van der Waals surface area (Å²) in [6.45, 7) is 0. The van der Waals surface area contributed by atoms with Crippen molar-refractivity contribution < 1.29 is 36.5 Å². The van der Waals surface area contributed by atoms with Crippen LogP contribution in [0.2, 0.25) is 0 Å². The van der Waals surface area contributed by atoms with Gasteiger partial charge in [0.25, 0.3) is 0 Å². The van der Waals surface area contributed by atoms with Crippen LogP contribution in [0.3, 0.4) is 0 Å². The molecule has 0 nitrogen and oxygen atoms in total. The molecule has 7 radical (unpaired) electrons. The van der Waals surface area contributed by atoms with Gasteiger partial charge >= 0.3 is 0 Å². The van der Waals surface area contributed by atoms with Crippen molar-refractivity contribution in [2.75, 3.05) is 0 Å². The van der Waals surface area contributed by atoms with Crippen molar-refractivity contribution in [3.05, 3.63) is 0 Å². The van der Waals surface area contributed by atoms with E-state index in [-0.39, 0.29) is 115 Å². The van der Waals surface area contributed by atoms with E-state index in [1.807, 2.05) is 0 Å². The Morgan fingerprint density at radius 1 is 0.667 bits per heavy atom. The molecule has 0 rings (SSSR count). The van der Waals surface area contributed by atoms with Gasteiger partial charge in [-0.25, -0.2) is 0 Å². The first kappa shape index (κ1) is 55.0. The van der Waals surface area contributed by atoms with Crippen LogP contribution < -0.4 is 0 Å². The fourth-order valence-corrected chi connectivity index (χ4v) is 0. The molecule has 0 aromatic rings. The molecule has 6 heavy (non-hydrogen) atoms. The molecule has 0 saturated heterocycles. The van der Waals surface area contributed by atoms with E-state index in [1.54, 1.807) is 0 Å². The van der Waals surface area contributed by atoms with E-state index >= 15 is 0 Å². The molecule has 0 aromatic carbocycles. The zero-order valence-electron chi connectivity index (χ0n) is 3.16. The molecule has 6 heteroatoms. The van der Waals surface area contributed by atoms with Crippen molar-refractivity contribution in [2.45, 2.75) is 0 Å². The summed E-state index contributed by atoms with van der Waals surface area (Å²) in [7, 11) is 0. The summed E-state index contributed by atoms with van der Waals surface area (Å²) in [5, 5.41) is 0. The summed E-state index contributed by atoms with van der Waals surface area (Å²) in [6, 6.07) is 0. The number of rotatable bonds is 0. The summed E-state index contributed by atoms with van der Waals surface area (Å²) in [5.41, 5.74) is 0. The molecular weight excluding hydrogens is 423 g/mol. The normalized spacial score (nSPS) is 0. The first-order chi connectivity index (χ1) is 0. The molecule has 0 bridgehead atoms. The molecule has 0 saturated carbocycles. The van der Waals surface area contributed by atoms with Crippen molar-refractivity contribution in [3.63, 3.8) is 0 Å². The second-order valence-corrected chi connectivity index (χ2v) is 0. The monoisotopic (exact) mass is 425 g/mol. The van der Waals surface area contributed by atoms with Gasteiger partial charge in [0.1, 0.15) is 0 Å². The molecule has 0 aromatic heterocycles. The van der Waals surface area contributed by atoms with Gasteiger partial charge in [-0.1, -0.05) is 0 Å². The zero-order valence-corrected chi connectivity index (χ0v) is 15.7. The van der Waals surface area contributed by atoms with Crippen LogP contribution in [0.1, 0.15) is 0 Å². The van der Waals surface area contributed by atoms with Crippen LogP contribution in [0.5, 0.6) is 0 Å². The van der Waals surface area contributed by atoms with Crippen molar-refractivity contribution in [3.8, 4) is 0 Å². The maximum atomic E-state index is 0. The molecule has 0 N–H and O–H groups in total. The second kappa shape index (κ2) is 38.4. The van der Waals surface area contributed by atoms with Gasteiger partial charge in [0.05, 0.1) is 0 Å². The van der Waals surface area contributed by atoms with Gasteiger partial charge in [-0.05, 0) is 0 Å². The summed E-state index contributed by atoms with van der Waals surface area (Å²) in [4.78, 5) is 0. The van der Waals surface area contributed by atoms with Crippen molar-refractivity contribution >= 4 is 78.7 Å². The Hall–Kier alpha value is 3.58. The molecule has 35 valence electrons. The molecule has 0 aliphatic heterocycles. The fraction of sp³-hybridized carbons (Fsp3) is 0. The molecule has 0 unspecified atom stereocenters. The Balaban J connectivity index is 0. The Bertz CT molecular complexity index is 11.5. The van der Waals surface area contributed by atoms with E-state index in [4.69, 9.17) is 0 Å². The number of hydrogen-bond donors (Lipinski definition) is 0. The SMILES string of the molecule is S.S.[Cu].[In].[In].[Zn]. The molecule has 0 atom stereocenters. The van der Waals surface area contributed by atoms with E-state index in [0.717, 1.165) is 0 Å². The molecule has 0 spiro atoms. The fourth-order valence-electron chi connectivity index (χ4n) is 0. The third-order valence-corrected chi connectivity index (χ3v) is 0. The van der Waals surface area contributed by atoms with Crippen LogP contribution in [0.25, 0.3) is 0 Å². The topological polar surface area (TPSA) is 0 Å². The first-order valence-corrected chi connectivity index (χ1v) is 0. The van der Waals surface area contributed by atoms with Crippen molar-refractivity contribution in [1.82, 2.24) is 0 Å². The average molecular weight is 427 g/mol. The molecule has 0 heterocycles. The van der Waals surface area contributed by atoms with E-state index in [2.05, 4.69) is 0 Å². The van der Waals surface area contributed by atoms with E-state index < -0.39 is 0 Å². The first-order valence-electron chi connectivity index (χ1n) is 0. The summed E-state index contributed by atoms with van der Waals surface area (Å²) in [6.07, 6.45) is 0. The summed E-state index contributed by atoms with van der Waals surface area (Å²) >= 11 is 0. The Labute approximate surface area is 113 Å². The van der Waals surface area contributed by atoms with Crippen LogP contribution in [-0.4, -0.2) is 51.7 Å². The van der Waals surface area contributed by atoms with E-state index in [0.29, 0.717) is 0 Å². The Morgan fingerprint density at radius 2 is 0.667 bits per heavy atom. The summed E-state index contributed by atoms with van der Waals surface area (Å²) in [5.74, 6) is 0. The Morgan fingerprint density at radius 3 is 0.667 bits per heavy atom. The van der Waals surface area contributed by atoms with Gasteiger partial charge in [-0.15, -0.1) is 0 Å². The van der Waals surface area contributed by atoms with E-state index in [1.165, 1.54) is 0 Å². The standard InChI is InChI=1S/Cu.2In.2H2S.Zn/h;;;2*1H2;. The predicted molar refractivity (Wildman–Crippen MR) is 32.3 cm³/mol. The predicted octanol–water partition coefficient (Wildman–Crippen LogP) is -0.541. The minimum absolute atomic E-state index is 0. The maximum Gasteiger partial charge on any atom is 0 e. The van der Waals surface area contributed by atoms with Crippen LogP contribution in [-0.2, 0) is 36.5 Å². The van der Waals surface area contributed by atoms with E-state index in [9.17, 15) is 0 Å². The molecule has 0 fully saturated rings. The molecular formula is H4CuIn2S2Zn. The summed E-state index contributed by atoms with van der Waals surface area (Å²) < 4.78 is 0. The van der Waals surface area contributed by atoms with Gasteiger partial charge in [0, 0.05) is 88.2 Å². The third kappa shape index (κ3) is 25.6. The quantitative estimate of drug-likeness (QED) is 0.457. The van der Waals surface area contributed by atoms with Crippen LogP contribution in [0, 0.1) is 0 Å². The zero-order chi connectivity index (χ0) is 0. The van der Waals surface area contributed by atoms with Crippen molar-refractivity contribution in [1.29, 1.82) is 0 Å². The van der Waals surface area contributed by atoms with Crippen LogP contribution in [0.15, 0.2) is 0 Å². The molecule has 0 amide bonds. The van der Waals surface area contributed by atoms with Gasteiger partial charge in [0.2, 0.25) is 0 Å². The average Bonchev–Trinajstić information content (AvgIpc) is 0. The van der Waals surface area contributed by atoms with Crippen LogP contribution in [0.4, 0.5) is 0 Å². The minimum atomic E-state index is 0. The van der Waals surface area contributed by atoms with Gasteiger partial charge in [0.15, 0.2) is 0 Å². The third-order valence-electron chi connectivity index (χ3n) is 0. The largest absolute Gasteiger partial charge is 0.197 e. The van der Waals surface area contributed by atoms with Gasteiger partial charge < -0.3 is 0 Å². The van der Waals surface area contributed by atoms with Crippen LogP contribution >= 0.6 is 27.0 Å². The molecule has 0 aliphatic carbocycles. The molecule has 0 aliphatic rings. The smallest absolute Gasteiger partial charge is 0 e. The Kier molecular flexibility index (Phi) is 352. The number of hydrogen-bond acceptors (Lipinski definition) is 0. The van der Waals surface area contributed by atoms with Crippen molar-refractivity contribution in [2.24, 2.45) is 0 Å². The van der Waals surface area contributed by atoms with Gasteiger partial charge in [-0.2, -0.15) is 27.0 Å². The minimum Gasteiger partial charge on any atom is -0.197 e. The van der Waals surface area contributed by atoms with Gasteiger partial charge in [-0.3, -0.25) is 0 Å².